The average molecular weight is 294 g/mol. The Morgan fingerprint density at radius 1 is 1.30 bits per heavy atom. The van der Waals surface area contributed by atoms with Crippen LogP contribution in [-0.2, 0) is 4.79 Å². The van der Waals surface area contributed by atoms with Gasteiger partial charge >= 0.3 is 5.97 Å². The van der Waals surface area contributed by atoms with Gasteiger partial charge < -0.3 is 15.3 Å². The van der Waals surface area contributed by atoms with E-state index >= 15 is 0 Å². The maximum atomic E-state index is 12.2. The fraction of sp³-hybridized carbons (Fsp3) is 0.429. The molecular formula is C14H18N2O3S. The third-order valence-corrected chi connectivity index (χ3v) is 4.62. The molecule has 1 aromatic rings. The molecular weight excluding hydrogens is 276 g/mol. The Bertz CT molecular complexity index is 508. The first-order valence-corrected chi connectivity index (χ1v) is 7.51. The molecule has 2 rings (SSSR count). The number of hydrogen-bond acceptors (Lipinski definition) is 4. The molecule has 1 heterocycles. The van der Waals surface area contributed by atoms with Gasteiger partial charge in [0.15, 0.2) is 0 Å². The van der Waals surface area contributed by atoms with Crippen LogP contribution in [0.5, 0.6) is 0 Å². The molecule has 20 heavy (non-hydrogen) atoms. The number of nitrogens with zero attached hydrogens (tertiary/aromatic N) is 1. The first-order valence-electron chi connectivity index (χ1n) is 6.36. The smallest absolute Gasteiger partial charge is 0.330 e. The van der Waals surface area contributed by atoms with Crippen molar-refractivity contribution in [2.75, 3.05) is 30.5 Å². The molecule has 0 spiro atoms. The lowest BCUT2D eigenvalue weighted by Gasteiger charge is -2.24. The highest BCUT2D eigenvalue weighted by molar-refractivity contribution is 7.99. The van der Waals surface area contributed by atoms with Crippen LogP contribution in [-0.4, -0.2) is 48.1 Å². The Labute approximate surface area is 122 Å². The van der Waals surface area contributed by atoms with Gasteiger partial charge in [0, 0.05) is 31.1 Å². The average Bonchev–Trinajstić information content (AvgIpc) is 2.88. The van der Waals surface area contributed by atoms with Crippen molar-refractivity contribution in [1.29, 1.82) is 0 Å². The van der Waals surface area contributed by atoms with Crippen LogP contribution in [0.15, 0.2) is 24.3 Å². The molecule has 0 aromatic heterocycles. The molecule has 1 aliphatic rings. The molecule has 1 saturated heterocycles. The van der Waals surface area contributed by atoms with Gasteiger partial charge in [-0.1, -0.05) is 0 Å². The number of carbonyl (C=O) groups excluding carboxylic acids is 1. The van der Waals surface area contributed by atoms with Gasteiger partial charge in [0.2, 0.25) is 0 Å². The molecule has 0 bridgehead atoms. The molecule has 5 nitrogen and oxygen atoms in total. The predicted molar refractivity (Wildman–Crippen MR) is 80.5 cm³/mol. The number of anilines is 1. The molecule has 1 aliphatic heterocycles. The van der Waals surface area contributed by atoms with E-state index in [1.165, 1.54) is 0 Å². The number of thioether (sulfide) groups is 1. The lowest BCUT2D eigenvalue weighted by molar-refractivity contribution is -0.143. The molecule has 1 aromatic carbocycles. The summed E-state index contributed by atoms with van der Waals surface area (Å²) in [4.78, 5) is 25.5. The van der Waals surface area contributed by atoms with Crippen LogP contribution in [0.2, 0.25) is 0 Å². The predicted octanol–water partition coefficient (Wildman–Crippen LogP) is 1.44. The van der Waals surface area contributed by atoms with Crippen LogP contribution < -0.4 is 10.2 Å². The van der Waals surface area contributed by atoms with Crippen LogP contribution in [0.3, 0.4) is 0 Å². The zero-order valence-corrected chi connectivity index (χ0v) is 12.4. The molecule has 1 fully saturated rings. The summed E-state index contributed by atoms with van der Waals surface area (Å²) < 4.78 is 0. The van der Waals surface area contributed by atoms with Crippen LogP contribution >= 0.6 is 11.8 Å². The van der Waals surface area contributed by atoms with E-state index in [4.69, 9.17) is 0 Å². The molecule has 1 atom stereocenters. The summed E-state index contributed by atoms with van der Waals surface area (Å²) in [5.74, 6) is -0.114. The van der Waals surface area contributed by atoms with Crippen molar-refractivity contribution < 1.29 is 14.7 Å². The highest BCUT2D eigenvalue weighted by atomic mass is 32.2. The summed E-state index contributed by atoms with van der Waals surface area (Å²) >= 11 is 1.55. The Hall–Kier alpha value is -1.69. The van der Waals surface area contributed by atoms with Crippen molar-refractivity contribution in [3.63, 3.8) is 0 Å². The van der Waals surface area contributed by atoms with Crippen LogP contribution in [0.1, 0.15) is 16.8 Å². The first-order chi connectivity index (χ1) is 9.44. The van der Waals surface area contributed by atoms with E-state index in [1.54, 1.807) is 23.9 Å². The van der Waals surface area contributed by atoms with Crippen LogP contribution in [0, 0.1) is 0 Å². The van der Waals surface area contributed by atoms with Gasteiger partial charge in [-0.15, -0.1) is 0 Å². The number of aliphatic carboxylic acids is 1. The zero-order chi connectivity index (χ0) is 14.8. The Morgan fingerprint density at radius 2 is 1.95 bits per heavy atom. The highest BCUT2D eigenvalue weighted by Crippen LogP contribution is 2.28. The summed E-state index contributed by atoms with van der Waals surface area (Å²) in [6.07, 6.45) is 0.467. The zero-order valence-electron chi connectivity index (χ0n) is 11.5. The van der Waals surface area contributed by atoms with Crippen LogP contribution in [0.4, 0.5) is 5.69 Å². The van der Waals surface area contributed by atoms with E-state index < -0.39 is 11.5 Å². The number of nitrogens with one attached hydrogen (secondary N) is 1. The minimum atomic E-state index is -1.12. The van der Waals surface area contributed by atoms with E-state index in [-0.39, 0.29) is 5.91 Å². The van der Waals surface area contributed by atoms with Crippen molar-refractivity contribution in [2.24, 2.45) is 0 Å². The lowest BCUT2D eigenvalue weighted by Crippen LogP contribution is -2.54. The van der Waals surface area contributed by atoms with E-state index in [2.05, 4.69) is 5.32 Å². The number of carboxylic acid groups (broad SMARTS) is 1. The van der Waals surface area contributed by atoms with Gasteiger partial charge in [0.1, 0.15) is 5.54 Å². The van der Waals surface area contributed by atoms with E-state index in [0.717, 1.165) is 11.4 Å². The molecule has 0 saturated carbocycles. The molecule has 2 N–H and O–H groups in total. The second-order valence-corrected chi connectivity index (χ2v) is 6.19. The maximum absolute atomic E-state index is 12.2. The van der Waals surface area contributed by atoms with Gasteiger partial charge in [0.05, 0.1) is 0 Å². The van der Waals surface area contributed by atoms with Crippen molar-refractivity contribution in [2.45, 2.75) is 12.0 Å². The molecule has 1 unspecified atom stereocenters. The molecule has 0 aliphatic carbocycles. The second kappa shape index (κ2) is 5.75. The van der Waals surface area contributed by atoms with Crippen LogP contribution in [0.25, 0.3) is 0 Å². The number of hydrogen-bond donors (Lipinski definition) is 2. The standard InChI is InChI=1S/C14H18N2O3S/c1-16(2)11-5-3-10(4-6-11)12(17)15-14(13(18)19)7-8-20-9-14/h3-6H,7-9H2,1-2H3,(H,15,17)(H,18,19). The summed E-state index contributed by atoms with van der Waals surface area (Å²) in [5.41, 5.74) is 0.348. The summed E-state index contributed by atoms with van der Waals surface area (Å²) in [7, 11) is 3.84. The molecule has 1 amide bonds. The third-order valence-electron chi connectivity index (χ3n) is 3.43. The fourth-order valence-electron chi connectivity index (χ4n) is 2.09. The SMILES string of the molecule is CN(C)c1ccc(C(=O)NC2(C(=O)O)CCSC2)cc1. The normalized spacial score (nSPS) is 21.5. The quantitative estimate of drug-likeness (QED) is 0.879. The van der Waals surface area contributed by atoms with Crippen molar-refractivity contribution in [3.8, 4) is 0 Å². The first kappa shape index (κ1) is 14.7. The van der Waals surface area contributed by atoms with Crippen molar-refractivity contribution >= 4 is 29.3 Å². The fourth-order valence-corrected chi connectivity index (χ4v) is 3.41. The molecule has 0 radical (unpaired) electrons. The Morgan fingerprint density at radius 3 is 2.40 bits per heavy atom. The summed E-state index contributed by atoms with van der Waals surface area (Å²) in [6, 6.07) is 7.10. The Kier molecular flexibility index (Phi) is 4.23. The number of carboxylic acids is 1. The van der Waals surface area contributed by atoms with Gasteiger partial charge in [-0.05, 0) is 36.4 Å². The van der Waals surface area contributed by atoms with E-state index in [1.807, 2.05) is 31.1 Å². The van der Waals surface area contributed by atoms with Gasteiger partial charge in [-0.25, -0.2) is 4.79 Å². The monoisotopic (exact) mass is 294 g/mol. The number of rotatable bonds is 4. The molecule has 108 valence electrons. The second-order valence-electron chi connectivity index (χ2n) is 5.09. The topological polar surface area (TPSA) is 69.6 Å². The van der Waals surface area contributed by atoms with E-state index in [0.29, 0.717) is 17.7 Å². The van der Waals surface area contributed by atoms with Crippen molar-refractivity contribution in [3.05, 3.63) is 29.8 Å². The highest BCUT2D eigenvalue weighted by Gasteiger charge is 2.43. The molecule has 6 heteroatoms. The minimum Gasteiger partial charge on any atom is -0.479 e. The number of benzene rings is 1. The summed E-state index contributed by atoms with van der Waals surface area (Å²) in [5, 5.41) is 12.0. The van der Waals surface area contributed by atoms with Crippen molar-refractivity contribution in [1.82, 2.24) is 5.32 Å². The number of amides is 1. The largest absolute Gasteiger partial charge is 0.479 e. The lowest BCUT2D eigenvalue weighted by atomic mass is 9.98. The maximum Gasteiger partial charge on any atom is 0.330 e. The third kappa shape index (κ3) is 2.90. The van der Waals surface area contributed by atoms with Gasteiger partial charge in [0.25, 0.3) is 5.91 Å². The van der Waals surface area contributed by atoms with E-state index in [9.17, 15) is 14.7 Å². The Balaban J connectivity index is 2.13. The van der Waals surface area contributed by atoms with Gasteiger partial charge in [-0.2, -0.15) is 11.8 Å². The van der Waals surface area contributed by atoms with Gasteiger partial charge in [-0.3, -0.25) is 4.79 Å². The summed E-state index contributed by atoms with van der Waals surface area (Å²) in [6.45, 7) is 0. The minimum absolute atomic E-state index is 0.333. The number of carbonyl (C=O) groups is 2.